The zero-order valence-corrected chi connectivity index (χ0v) is 10.7. The largest absolute Gasteiger partial charge is 0.385 e. The fourth-order valence-corrected chi connectivity index (χ4v) is 1.96. The van der Waals surface area contributed by atoms with Crippen LogP contribution < -0.4 is 10.6 Å². The summed E-state index contributed by atoms with van der Waals surface area (Å²) in [7, 11) is 0. The van der Waals surface area contributed by atoms with E-state index < -0.39 is 0 Å². The van der Waals surface area contributed by atoms with Gasteiger partial charge in [-0.3, -0.25) is 4.79 Å². The Morgan fingerprint density at radius 2 is 2.18 bits per heavy atom. The highest BCUT2D eigenvalue weighted by molar-refractivity contribution is 6.00. The highest BCUT2D eigenvalue weighted by Gasteiger charge is 2.34. The maximum absolute atomic E-state index is 12.1. The van der Waals surface area contributed by atoms with E-state index in [1.807, 2.05) is 32.0 Å². The third-order valence-corrected chi connectivity index (χ3v) is 3.21. The van der Waals surface area contributed by atoms with Crippen LogP contribution in [0.2, 0.25) is 0 Å². The van der Waals surface area contributed by atoms with Gasteiger partial charge in [0.05, 0.1) is 5.56 Å². The van der Waals surface area contributed by atoms with Gasteiger partial charge in [0.15, 0.2) is 0 Å². The highest BCUT2D eigenvalue weighted by atomic mass is 16.1. The van der Waals surface area contributed by atoms with E-state index >= 15 is 0 Å². The van der Waals surface area contributed by atoms with E-state index in [1.165, 1.54) is 0 Å². The van der Waals surface area contributed by atoms with Crippen molar-refractivity contribution in [2.75, 3.05) is 11.9 Å². The second-order valence-electron chi connectivity index (χ2n) is 4.87. The van der Waals surface area contributed by atoms with E-state index in [0.29, 0.717) is 12.0 Å². The van der Waals surface area contributed by atoms with Crippen LogP contribution in [0.4, 0.5) is 5.69 Å². The maximum atomic E-state index is 12.1. The van der Waals surface area contributed by atoms with Crippen LogP contribution in [0.5, 0.6) is 0 Å². The van der Waals surface area contributed by atoms with Gasteiger partial charge in [0.1, 0.15) is 0 Å². The third-order valence-electron chi connectivity index (χ3n) is 3.21. The fourth-order valence-electron chi connectivity index (χ4n) is 1.96. The summed E-state index contributed by atoms with van der Waals surface area (Å²) < 4.78 is 0. The monoisotopic (exact) mass is 232 g/mol. The summed E-state index contributed by atoms with van der Waals surface area (Å²) in [5, 5.41) is 6.30. The van der Waals surface area contributed by atoms with Crippen molar-refractivity contribution < 1.29 is 4.79 Å². The van der Waals surface area contributed by atoms with Gasteiger partial charge in [-0.2, -0.15) is 0 Å². The van der Waals surface area contributed by atoms with Crippen LogP contribution in [-0.2, 0) is 0 Å². The van der Waals surface area contributed by atoms with Crippen molar-refractivity contribution in [1.29, 1.82) is 0 Å². The average molecular weight is 232 g/mol. The molecular formula is C14H20N2O. The molecule has 2 unspecified atom stereocenters. The number of hydrogen-bond donors (Lipinski definition) is 2. The second kappa shape index (κ2) is 4.78. The molecule has 3 heteroatoms. The lowest BCUT2D eigenvalue weighted by atomic mass is 10.1. The Morgan fingerprint density at radius 3 is 2.76 bits per heavy atom. The molecule has 3 nitrogen and oxygen atoms in total. The Kier molecular flexibility index (Phi) is 3.36. The summed E-state index contributed by atoms with van der Waals surface area (Å²) in [4.78, 5) is 12.1. The molecule has 2 N–H and O–H groups in total. The molecule has 17 heavy (non-hydrogen) atoms. The molecule has 1 fully saturated rings. The zero-order valence-electron chi connectivity index (χ0n) is 10.7. The van der Waals surface area contributed by atoms with E-state index in [2.05, 4.69) is 17.6 Å². The smallest absolute Gasteiger partial charge is 0.253 e. The number of aryl methyl sites for hydroxylation is 1. The minimum absolute atomic E-state index is 0.0407. The molecule has 1 saturated carbocycles. The Balaban J connectivity index is 2.16. The molecule has 1 aromatic rings. The van der Waals surface area contributed by atoms with Crippen LogP contribution in [0.3, 0.4) is 0 Å². The van der Waals surface area contributed by atoms with Gasteiger partial charge in [-0.15, -0.1) is 0 Å². The van der Waals surface area contributed by atoms with Crippen molar-refractivity contribution in [1.82, 2.24) is 5.32 Å². The lowest BCUT2D eigenvalue weighted by Crippen LogP contribution is -2.27. The first-order chi connectivity index (χ1) is 8.11. The second-order valence-corrected chi connectivity index (χ2v) is 4.87. The molecule has 2 rings (SSSR count). The van der Waals surface area contributed by atoms with Gasteiger partial charge in [-0.05, 0) is 38.3 Å². The molecule has 0 bridgehead atoms. The number of anilines is 1. The molecule has 92 valence electrons. The van der Waals surface area contributed by atoms with Gasteiger partial charge in [0.2, 0.25) is 0 Å². The van der Waals surface area contributed by atoms with E-state index in [9.17, 15) is 4.79 Å². The van der Waals surface area contributed by atoms with Gasteiger partial charge in [-0.1, -0.05) is 18.6 Å². The lowest BCUT2D eigenvalue weighted by Gasteiger charge is -2.11. The van der Waals surface area contributed by atoms with Crippen LogP contribution >= 0.6 is 0 Å². The van der Waals surface area contributed by atoms with Crippen molar-refractivity contribution in [2.45, 2.75) is 33.2 Å². The number of benzene rings is 1. The average Bonchev–Trinajstić information content (AvgIpc) is 2.97. The minimum atomic E-state index is 0.0407. The Hall–Kier alpha value is -1.51. The maximum Gasteiger partial charge on any atom is 0.253 e. The lowest BCUT2D eigenvalue weighted by molar-refractivity contribution is 0.0950. The van der Waals surface area contributed by atoms with Gasteiger partial charge < -0.3 is 10.6 Å². The fraction of sp³-hybridized carbons (Fsp3) is 0.500. The van der Waals surface area contributed by atoms with E-state index in [-0.39, 0.29) is 5.91 Å². The number of nitrogens with one attached hydrogen (secondary N) is 2. The minimum Gasteiger partial charge on any atom is -0.385 e. The molecule has 0 aromatic heterocycles. The van der Waals surface area contributed by atoms with Crippen LogP contribution in [0, 0.1) is 12.8 Å². The van der Waals surface area contributed by atoms with Gasteiger partial charge in [0, 0.05) is 18.3 Å². The molecule has 1 aliphatic rings. The molecule has 0 spiro atoms. The Bertz CT molecular complexity index is 428. The van der Waals surface area contributed by atoms with Crippen molar-refractivity contribution in [3.63, 3.8) is 0 Å². The first-order valence-corrected chi connectivity index (χ1v) is 6.27. The van der Waals surface area contributed by atoms with E-state index in [4.69, 9.17) is 0 Å². The topological polar surface area (TPSA) is 41.1 Å². The van der Waals surface area contributed by atoms with Crippen molar-refractivity contribution >= 4 is 11.6 Å². The molecule has 2 atom stereocenters. The quantitative estimate of drug-likeness (QED) is 0.837. The number of amides is 1. The number of carbonyl (C=O) groups excluding carboxylic acids is 1. The first-order valence-electron chi connectivity index (χ1n) is 6.27. The van der Waals surface area contributed by atoms with Gasteiger partial charge in [0.25, 0.3) is 5.91 Å². The summed E-state index contributed by atoms with van der Waals surface area (Å²) in [6.45, 7) is 7.02. The summed E-state index contributed by atoms with van der Waals surface area (Å²) in [6, 6.07) is 6.32. The SMILES string of the molecule is CCNc1ccc(C)cc1C(=O)NC1CC1C. The van der Waals surface area contributed by atoms with Gasteiger partial charge >= 0.3 is 0 Å². The standard InChI is InChI=1S/C14H20N2O/c1-4-15-12-6-5-9(2)7-11(12)14(17)16-13-8-10(13)3/h5-7,10,13,15H,4,8H2,1-3H3,(H,16,17). The molecule has 0 radical (unpaired) electrons. The summed E-state index contributed by atoms with van der Waals surface area (Å²) in [6.07, 6.45) is 1.11. The number of rotatable bonds is 4. The van der Waals surface area contributed by atoms with Crippen molar-refractivity contribution in [3.05, 3.63) is 29.3 Å². The first kappa shape index (κ1) is 12.0. The van der Waals surface area contributed by atoms with Crippen LogP contribution in [0.15, 0.2) is 18.2 Å². The molecular weight excluding hydrogens is 212 g/mol. The van der Waals surface area contributed by atoms with E-state index in [0.717, 1.165) is 29.8 Å². The highest BCUT2D eigenvalue weighted by Crippen LogP contribution is 2.29. The predicted octanol–water partition coefficient (Wildman–Crippen LogP) is 2.57. The van der Waals surface area contributed by atoms with Crippen LogP contribution in [-0.4, -0.2) is 18.5 Å². The molecule has 0 aliphatic heterocycles. The van der Waals surface area contributed by atoms with E-state index in [1.54, 1.807) is 0 Å². The molecule has 1 aliphatic carbocycles. The molecule has 1 amide bonds. The number of hydrogen-bond acceptors (Lipinski definition) is 2. The van der Waals surface area contributed by atoms with Gasteiger partial charge in [-0.25, -0.2) is 0 Å². The summed E-state index contributed by atoms with van der Waals surface area (Å²) in [5.41, 5.74) is 2.79. The Morgan fingerprint density at radius 1 is 1.47 bits per heavy atom. The van der Waals surface area contributed by atoms with Crippen molar-refractivity contribution in [3.8, 4) is 0 Å². The van der Waals surface area contributed by atoms with Crippen molar-refractivity contribution in [2.24, 2.45) is 5.92 Å². The van der Waals surface area contributed by atoms with Crippen LogP contribution in [0.25, 0.3) is 0 Å². The zero-order chi connectivity index (χ0) is 12.4. The summed E-state index contributed by atoms with van der Waals surface area (Å²) in [5.74, 6) is 0.672. The summed E-state index contributed by atoms with van der Waals surface area (Å²) >= 11 is 0. The molecule has 0 heterocycles. The molecule has 0 saturated heterocycles. The number of carbonyl (C=O) groups is 1. The van der Waals surface area contributed by atoms with Crippen LogP contribution in [0.1, 0.15) is 36.2 Å². The molecule has 1 aromatic carbocycles. The Labute approximate surface area is 103 Å². The normalized spacial score (nSPS) is 22.1. The third kappa shape index (κ3) is 2.78. The predicted molar refractivity (Wildman–Crippen MR) is 70.4 cm³/mol.